The third kappa shape index (κ3) is 5.04. The standard InChI is InChI=1S/C20H21N3O3S/c1-2-16-8-10-18(11-9-16)27(24,25)23-19-20(22-14-13-21-19)26-15-12-17-6-4-3-5-7-17/h3-11,13-14H,2,12,15H2,1H3,(H,21,23). The number of ether oxygens (including phenoxy) is 1. The fourth-order valence-electron chi connectivity index (χ4n) is 2.50. The van der Waals surface area contributed by atoms with Gasteiger partial charge in [0.05, 0.1) is 11.5 Å². The van der Waals surface area contributed by atoms with Crippen LogP contribution in [0.25, 0.3) is 0 Å². The Bertz CT molecular complexity index is 975. The van der Waals surface area contributed by atoms with Gasteiger partial charge in [-0.15, -0.1) is 0 Å². The summed E-state index contributed by atoms with van der Waals surface area (Å²) in [6.45, 7) is 2.38. The Morgan fingerprint density at radius 2 is 1.63 bits per heavy atom. The summed E-state index contributed by atoms with van der Waals surface area (Å²) in [5.74, 6) is 0.229. The van der Waals surface area contributed by atoms with E-state index >= 15 is 0 Å². The van der Waals surface area contributed by atoms with E-state index in [1.165, 1.54) is 12.4 Å². The van der Waals surface area contributed by atoms with E-state index in [4.69, 9.17) is 4.74 Å². The fourth-order valence-corrected chi connectivity index (χ4v) is 3.51. The first-order valence-corrected chi connectivity index (χ1v) is 10.2. The molecule has 0 saturated heterocycles. The highest BCUT2D eigenvalue weighted by molar-refractivity contribution is 7.92. The lowest BCUT2D eigenvalue weighted by atomic mass is 10.2. The summed E-state index contributed by atoms with van der Waals surface area (Å²) >= 11 is 0. The summed E-state index contributed by atoms with van der Waals surface area (Å²) in [5.41, 5.74) is 2.19. The molecule has 1 heterocycles. The Kier molecular flexibility index (Phi) is 6.03. The minimum Gasteiger partial charge on any atom is -0.475 e. The minimum atomic E-state index is -3.77. The number of anilines is 1. The molecule has 3 rings (SSSR count). The van der Waals surface area contributed by atoms with Crippen molar-refractivity contribution in [3.8, 4) is 5.88 Å². The van der Waals surface area contributed by atoms with Crippen LogP contribution in [0.2, 0.25) is 0 Å². The van der Waals surface area contributed by atoms with Gasteiger partial charge in [0.25, 0.3) is 15.9 Å². The highest BCUT2D eigenvalue weighted by atomic mass is 32.2. The van der Waals surface area contributed by atoms with Crippen molar-refractivity contribution in [2.24, 2.45) is 0 Å². The summed E-state index contributed by atoms with van der Waals surface area (Å²) in [4.78, 5) is 8.34. The van der Waals surface area contributed by atoms with Crippen molar-refractivity contribution in [1.82, 2.24) is 9.97 Å². The predicted octanol–water partition coefficient (Wildman–Crippen LogP) is 3.46. The van der Waals surface area contributed by atoms with Crippen molar-refractivity contribution in [1.29, 1.82) is 0 Å². The maximum Gasteiger partial charge on any atom is 0.263 e. The second-order valence-corrected chi connectivity index (χ2v) is 7.58. The maximum absolute atomic E-state index is 12.6. The number of aromatic nitrogens is 2. The first kappa shape index (κ1) is 18.8. The summed E-state index contributed by atoms with van der Waals surface area (Å²) in [5, 5.41) is 0. The van der Waals surface area contributed by atoms with E-state index in [-0.39, 0.29) is 16.6 Å². The summed E-state index contributed by atoms with van der Waals surface area (Å²) < 4.78 is 33.4. The highest BCUT2D eigenvalue weighted by Crippen LogP contribution is 2.22. The van der Waals surface area contributed by atoms with Gasteiger partial charge < -0.3 is 4.74 Å². The molecule has 0 radical (unpaired) electrons. The van der Waals surface area contributed by atoms with Gasteiger partial charge in [-0.2, -0.15) is 0 Å². The monoisotopic (exact) mass is 383 g/mol. The van der Waals surface area contributed by atoms with Crippen LogP contribution >= 0.6 is 0 Å². The average molecular weight is 383 g/mol. The summed E-state index contributed by atoms with van der Waals surface area (Å²) in [6.07, 6.45) is 4.41. The van der Waals surface area contributed by atoms with Gasteiger partial charge in [-0.05, 0) is 29.7 Å². The Labute approximate surface area is 159 Å². The molecule has 3 aromatic rings. The second kappa shape index (κ2) is 8.64. The van der Waals surface area contributed by atoms with E-state index in [0.29, 0.717) is 13.0 Å². The van der Waals surface area contributed by atoms with Gasteiger partial charge >= 0.3 is 0 Å². The van der Waals surface area contributed by atoms with Crippen LogP contribution in [0, 0.1) is 0 Å². The molecule has 0 fully saturated rings. The average Bonchev–Trinajstić information content (AvgIpc) is 2.70. The predicted molar refractivity (Wildman–Crippen MR) is 104 cm³/mol. The summed E-state index contributed by atoms with van der Waals surface area (Å²) in [7, 11) is -3.77. The number of hydrogen-bond acceptors (Lipinski definition) is 5. The lowest BCUT2D eigenvalue weighted by molar-refractivity contribution is 0.310. The third-order valence-corrected chi connectivity index (χ3v) is 5.36. The van der Waals surface area contributed by atoms with Gasteiger partial charge in [0.2, 0.25) is 5.82 Å². The number of nitrogens with zero attached hydrogens (tertiary/aromatic N) is 2. The van der Waals surface area contributed by atoms with Gasteiger partial charge in [0, 0.05) is 18.8 Å². The third-order valence-electron chi connectivity index (χ3n) is 4.01. The van der Waals surface area contributed by atoms with Gasteiger partial charge in [0.1, 0.15) is 0 Å². The van der Waals surface area contributed by atoms with Crippen molar-refractivity contribution >= 4 is 15.8 Å². The molecule has 7 heteroatoms. The van der Waals surface area contributed by atoms with Gasteiger partial charge in [-0.3, -0.25) is 4.72 Å². The molecule has 0 unspecified atom stereocenters. The zero-order valence-corrected chi connectivity index (χ0v) is 15.8. The van der Waals surface area contributed by atoms with Gasteiger partial charge in [0.15, 0.2) is 0 Å². The van der Waals surface area contributed by atoms with Gasteiger partial charge in [-0.1, -0.05) is 49.4 Å². The minimum absolute atomic E-state index is 0.0742. The van der Waals surface area contributed by atoms with Crippen LogP contribution in [0.1, 0.15) is 18.1 Å². The van der Waals surface area contributed by atoms with Crippen molar-refractivity contribution < 1.29 is 13.2 Å². The molecular formula is C20H21N3O3S. The van der Waals surface area contributed by atoms with E-state index in [0.717, 1.165) is 17.5 Å². The van der Waals surface area contributed by atoms with E-state index in [9.17, 15) is 8.42 Å². The molecule has 0 aliphatic rings. The number of hydrogen-bond donors (Lipinski definition) is 1. The Morgan fingerprint density at radius 3 is 2.33 bits per heavy atom. The van der Waals surface area contributed by atoms with E-state index in [1.54, 1.807) is 24.3 Å². The van der Waals surface area contributed by atoms with Crippen LogP contribution in [-0.2, 0) is 22.9 Å². The maximum atomic E-state index is 12.6. The molecule has 27 heavy (non-hydrogen) atoms. The smallest absolute Gasteiger partial charge is 0.263 e. The molecule has 0 spiro atoms. The Hall–Kier alpha value is -2.93. The van der Waals surface area contributed by atoms with Crippen molar-refractivity contribution in [3.63, 3.8) is 0 Å². The van der Waals surface area contributed by atoms with Crippen molar-refractivity contribution in [2.75, 3.05) is 11.3 Å². The highest BCUT2D eigenvalue weighted by Gasteiger charge is 2.18. The largest absolute Gasteiger partial charge is 0.475 e. The Morgan fingerprint density at radius 1 is 0.926 bits per heavy atom. The molecule has 1 aromatic heterocycles. The molecular weight excluding hydrogens is 362 g/mol. The van der Waals surface area contributed by atoms with Gasteiger partial charge in [-0.25, -0.2) is 18.4 Å². The second-order valence-electron chi connectivity index (χ2n) is 5.90. The summed E-state index contributed by atoms with van der Waals surface area (Å²) in [6, 6.07) is 16.6. The lowest BCUT2D eigenvalue weighted by Crippen LogP contribution is -2.16. The van der Waals surface area contributed by atoms with Crippen LogP contribution in [0.5, 0.6) is 5.88 Å². The van der Waals surface area contributed by atoms with Crippen LogP contribution in [0.4, 0.5) is 5.82 Å². The van der Waals surface area contributed by atoms with Crippen LogP contribution < -0.4 is 9.46 Å². The molecule has 0 atom stereocenters. The van der Waals surface area contributed by atoms with E-state index < -0.39 is 10.0 Å². The topological polar surface area (TPSA) is 81.2 Å². The molecule has 0 aliphatic heterocycles. The van der Waals surface area contributed by atoms with Crippen LogP contribution in [0.15, 0.2) is 71.9 Å². The molecule has 0 saturated carbocycles. The molecule has 2 aromatic carbocycles. The zero-order valence-electron chi connectivity index (χ0n) is 15.0. The normalized spacial score (nSPS) is 11.1. The molecule has 140 valence electrons. The molecule has 0 bridgehead atoms. The first-order valence-electron chi connectivity index (χ1n) is 8.68. The number of nitrogens with one attached hydrogen (secondary N) is 1. The first-order chi connectivity index (χ1) is 13.1. The molecule has 6 nitrogen and oxygen atoms in total. The fraction of sp³-hybridized carbons (Fsp3) is 0.200. The van der Waals surface area contributed by atoms with E-state index in [1.807, 2.05) is 37.3 Å². The SMILES string of the molecule is CCc1ccc(S(=O)(=O)Nc2nccnc2OCCc2ccccc2)cc1. The Balaban J connectivity index is 1.71. The van der Waals surface area contributed by atoms with E-state index in [2.05, 4.69) is 14.7 Å². The number of benzene rings is 2. The number of rotatable bonds is 8. The number of sulfonamides is 1. The molecule has 0 amide bonds. The lowest BCUT2D eigenvalue weighted by Gasteiger charge is -2.12. The van der Waals surface area contributed by atoms with Crippen LogP contribution in [0.3, 0.4) is 0 Å². The zero-order chi connectivity index (χ0) is 19.1. The molecule has 1 N–H and O–H groups in total. The quantitative estimate of drug-likeness (QED) is 0.644. The number of aryl methyl sites for hydroxylation is 1. The van der Waals surface area contributed by atoms with Crippen molar-refractivity contribution in [3.05, 3.63) is 78.1 Å². The molecule has 0 aliphatic carbocycles. The van der Waals surface area contributed by atoms with Crippen LogP contribution in [-0.4, -0.2) is 25.0 Å². The van der Waals surface area contributed by atoms with Crippen molar-refractivity contribution in [2.45, 2.75) is 24.7 Å².